The molecular weight excluding hydrogens is 210 g/mol. The molecule has 82 valence electrons. The van der Waals surface area contributed by atoms with Crippen molar-refractivity contribution in [3.8, 4) is 0 Å². The summed E-state index contributed by atoms with van der Waals surface area (Å²) in [7, 11) is 0. The molecule has 1 atom stereocenters. The molecular formula is C12H16ClNO. The number of rotatable bonds is 2. The van der Waals surface area contributed by atoms with Crippen LogP contribution in [0.2, 0.25) is 0 Å². The zero-order valence-electron chi connectivity index (χ0n) is 8.99. The van der Waals surface area contributed by atoms with Gasteiger partial charge in [0.25, 0.3) is 0 Å². The molecule has 0 saturated carbocycles. The third kappa shape index (κ3) is 2.33. The van der Waals surface area contributed by atoms with E-state index in [9.17, 15) is 0 Å². The molecule has 3 heteroatoms. The first-order valence-corrected chi connectivity index (χ1v) is 4.91. The Labute approximate surface area is 95.9 Å². The molecule has 2 N–H and O–H groups in total. The van der Waals surface area contributed by atoms with E-state index in [2.05, 4.69) is 6.07 Å². The fraction of sp³-hybridized carbons (Fsp3) is 0.333. The minimum absolute atomic E-state index is 0. The van der Waals surface area contributed by atoms with Crippen LogP contribution in [0.4, 0.5) is 0 Å². The minimum Gasteiger partial charge on any atom is -0.461 e. The van der Waals surface area contributed by atoms with Crippen LogP contribution in [0.25, 0.3) is 11.0 Å². The summed E-state index contributed by atoms with van der Waals surface area (Å²) in [6.45, 7) is 4.01. The first kappa shape index (κ1) is 12.1. The molecule has 0 fully saturated rings. The molecule has 2 nitrogen and oxygen atoms in total. The van der Waals surface area contributed by atoms with E-state index in [4.69, 9.17) is 10.2 Å². The van der Waals surface area contributed by atoms with Crippen LogP contribution in [0.15, 0.2) is 28.7 Å². The summed E-state index contributed by atoms with van der Waals surface area (Å²) < 4.78 is 5.64. The Morgan fingerprint density at radius 3 is 2.67 bits per heavy atom. The highest BCUT2D eigenvalue weighted by Gasteiger charge is 2.11. The quantitative estimate of drug-likeness (QED) is 0.853. The molecule has 2 rings (SSSR count). The van der Waals surface area contributed by atoms with Crippen LogP contribution in [-0.4, -0.2) is 6.04 Å². The predicted molar refractivity (Wildman–Crippen MR) is 65.6 cm³/mol. The van der Waals surface area contributed by atoms with E-state index in [1.54, 1.807) is 0 Å². The zero-order valence-corrected chi connectivity index (χ0v) is 9.80. The summed E-state index contributed by atoms with van der Waals surface area (Å²) in [6.07, 6.45) is 0.878. The minimum atomic E-state index is 0. The van der Waals surface area contributed by atoms with Crippen molar-refractivity contribution >= 4 is 23.4 Å². The van der Waals surface area contributed by atoms with Crippen molar-refractivity contribution in [1.82, 2.24) is 0 Å². The van der Waals surface area contributed by atoms with E-state index >= 15 is 0 Å². The van der Waals surface area contributed by atoms with E-state index in [1.807, 2.05) is 32.0 Å². The molecule has 0 aliphatic carbocycles. The number of furan rings is 1. The molecule has 1 aromatic heterocycles. The molecule has 0 spiro atoms. The van der Waals surface area contributed by atoms with Crippen molar-refractivity contribution in [2.75, 3.05) is 0 Å². The van der Waals surface area contributed by atoms with E-state index in [1.165, 1.54) is 10.9 Å². The van der Waals surface area contributed by atoms with Gasteiger partial charge in [-0.1, -0.05) is 18.2 Å². The van der Waals surface area contributed by atoms with E-state index in [0.717, 1.165) is 17.8 Å². The van der Waals surface area contributed by atoms with Gasteiger partial charge in [-0.3, -0.25) is 0 Å². The van der Waals surface area contributed by atoms with Gasteiger partial charge in [0.1, 0.15) is 11.3 Å². The maximum absolute atomic E-state index is 5.80. The van der Waals surface area contributed by atoms with Crippen molar-refractivity contribution in [3.05, 3.63) is 35.6 Å². The van der Waals surface area contributed by atoms with Gasteiger partial charge >= 0.3 is 0 Å². The van der Waals surface area contributed by atoms with Gasteiger partial charge in [-0.25, -0.2) is 0 Å². The molecule has 0 aliphatic rings. The van der Waals surface area contributed by atoms with Crippen molar-refractivity contribution < 1.29 is 4.42 Å². The van der Waals surface area contributed by atoms with Gasteiger partial charge in [0.2, 0.25) is 0 Å². The van der Waals surface area contributed by atoms with Crippen LogP contribution in [0.1, 0.15) is 18.2 Å². The van der Waals surface area contributed by atoms with Gasteiger partial charge in [-0.15, -0.1) is 12.4 Å². The van der Waals surface area contributed by atoms with E-state index in [-0.39, 0.29) is 18.4 Å². The number of fused-ring (bicyclic) bond motifs is 1. The molecule has 0 radical (unpaired) electrons. The number of halogens is 1. The smallest absolute Gasteiger partial charge is 0.134 e. The Hall–Kier alpha value is -0.990. The summed E-state index contributed by atoms with van der Waals surface area (Å²) in [6, 6.07) is 8.27. The van der Waals surface area contributed by atoms with Crippen LogP contribution in [0.3, 0.4) is 0 Å². The molecule has 1 heterocycles. The Morgan fingerprint density at radius 2 is 2.00 bits per heavy atom. The average Bonchev–Trinajstić information content (AvgIpc) is 2.43. The maximum atomic E-state index is 5.80. The molecule has 15 heavy (non-hydrogen) atoms. The second kappa shape index (κ2) is 4.69. The van der Waals surface area contributed by atoms with E-state index < -0.39 is 0 Å². The maximum Gasteiger partial charge on any atom is 0.134 e. The van der Waals surface area contributed by atoms with Crippen molar-refractivity contribution in [2.45, 2.75) is 26.3 Å². The van der Waals surface area contributed by atoms with E-state index in [0.29, 0.717) is 0 Å². The van der Waals surface area contributed by atoms with Crippen molar-refractivity contribution in [3.63, 3.8) is 0 Å². The third-order valence-electron chi connectivity index (χ3n) is 2.43. The third-order valence-corrected chi connectivity index (χ3v) is 2.43. The largest absolute Gasteiger partial charge is 0.461 e. The van der Waals surface area contributed by atoms with Gasteiger partial charge in [0.05, 0.1) is 0 Å². The molecule has 2 aromatic rings. The highest BCUT2D eigenvalue weighted by molar-refractivity contribution is 5.85. The highest BCUT2D eigenvalue weighted by atomic mass is 35.5. The summed E-state index contributed by atoms with van der Waals surface area (Å²) in [5.41, 5.74) is 8.01. The van der Waals surface area contributed by atoms with Crippen LogP contribution in [0.5, 0.6) is 0 Å². The van der Waals surface area contributed by atoms with Gasteiger partial charge < -0.3 is 10.2 Å². The molecule has 1 aromatic carbocycles. The number of benzene rings is 1. The topological polar surface area (TPSA) is 39.2 Å². The Morgan fingerprint density at radius 1 is 1.33 bits per heavy atom. The van der Waals surface area contributed by atoms with Crippen LogP contribution in [0, 0.1) is 6.92 Å². The van der Waals surface area contributed by atoms with Gasteiger partial charge in [-0.05, 0) is 26.3 Å². The van der Waals surface area contributed by atoms with Crippen LogP contribution >= 0.6 is 12.4 Å². The van der Waals surface area contributed by atoms with Gasteiger partial charge in [0, 0.05) is 17.0 Å². The molecule has 1 unspecified atom stereocenters. The lowest BCUT2D eigenvalue weighted by Crippen LogP contribution is -2.17. The van der Waals surface area contributed by atoms with Gasteiger partial charge in [-0.2, -0.15) is 0 Å². The zero-order chi connectivity index (χ0) is 10.1. The first-order valence-electron chi connectivity index (χ1n) is 4.91. The average molecular weight is 226 g/mol. The lowest BCUT2D eigenvalue weighted by molar-refractivity contribution is 0.567. The number of aryl methyl sites for hydroxylation is 1. The highest BCUT2D eigenvalue weighted by Crippen LogP contribution is 2.25. The molecule has 0 bridgehead atoms. The SMILES string of the molecule is Cc1oc2ccccc2c1CC(C)N.Cl. The lowest BCUT2D eigenvalue weighted by atomic mass is 10.0. The summed E-state index contributed by atoms with van der Waals surface area (Å²) >= 11 is 0. The standard InChI is InChI=1S/C12H15NO.ClH/c1-8(13)7-11-9(2)14-12-6-4-3-5-10(11)12;/h3-6,8H,7,13H2,1-2H3;1H. The first-order chi connectivity index (χ1) is 6.68. The fourth-order valence-electron chi connectivity index (χ4n) is 1.80. The normalized spacial score (nSPS) is 12.5. The monoisotopic (exact) mass is 225 g/mol. The fourth-order valence-corrected chi connectivity index (χ4v) is 1.80. The molecule has 0 aliphatic heterocycles. The second-order valence-corrected chi connectivity index (χ2v) is 3.81. The summed E-state index contributed by atoms with van der Waals surface area (Å²) in [5.74, 6) is 0.989. The Bertz CT molecular complexity index is 448. The summed E-state index contributed by atoms with van der Waals surface area (Å²) in [4.78, 5) is 0. The molecule has 0 saturated heterocycles. The number of nitrogens with two attached hydrogens (primary N) is 1. The molecule has 0 amide bonds. The number of para-hydroxylation sites is 1. The number of hydrogen-bond donors (Lipinski definition) is 1. The Kier molecular flexibility index (Phi) is 3.77. The van der Waals surface area contributed by atoms with Crippen molar-refractivity contribution in [2.24, 2.45) is 5.73 Å². The lowest BCUT2D eigenvalue weighted by Gasteiger charge is -2.03. The van der Waals surface area contributed by atoms with Gasteiger partial charge in [0.15, 0.2) is 0 Å². The predicted octanol–water partition coefficient (Wildman–Crippen LogP) is 3.05. The van der Waals surface area contributed by atoms with Crippen molar-refractivity contribution in [1.29, 1.82) is 0 Å². The van der Waals surface area contributed by atoms with Crippen LogP contribution in [-0.2, 0) is 6.42 Å². The number of hydrogen-bond acceptors (Lipinski definition) is 2. The second-order valence-electron chi connectivity index (χ2n) is 3.81. The van der Waals surface area contributed by atoms with Crippen LogP contribution < -0.4 is 5.73 Å². The summed E-state index contributed by atoms with van der Waals surface area (Å²) in [5, 5.41) is 1.20. The Balaban J connectivity index is 0.00000112.